The lowest BCUT2D eigenvalue weighted by atomic mass is 9.97. The van der Waals surface area contributed by atoms with Crippen molar-refractivity contribution in [3.8, 4) is 11.1 Å². The predicted octanol–water partition coefficient (Wildman–Crippen LogP) is 7.18. The SMILES string of the molecule is Cc1noc(Cn2cc3c(Cl)c(-c4cn(COCC[Si](C)(C)C)c5nc(N6C7CCC6CC(NC(=O)OC(C)(C)C)C7)cnc45)ccc3n2)n1. The fourth-order valence-corrected chi connectivity index (χ4v) is 8.15. The van der Waals surface area contributed by atoms with Gasteiger partial charge in [0.15, 0.2) is 11.5 Å². The number of carbonyl (C=O) groups excluding carboxylic acids is 1. The third kappa shape index (κ3) is 7.37. The normalized spacial score (nSPS) is 19.5. The number of halogens is 1. The molecule has 0 aliphatic carbocycles. The summed E-state index contributed by atoms with van der Waals surface area (Å²) in [5.74, 6) is 1.90. The summed E-state index contributed by atoms with van der Waals surface area (Å²) in [6.45, 7) is 15.9. The van der Waals surface area contributed by atoms with Crippen molar-refractivity contribution in [3.63, 3.8) is 0 Å². The second-order valence-electron chi connectivity index (χ2n) is 15.8. The van der Waals surface area contributed by atoms with Gasteiger partial charge in [0.05, 0.1) is 16.7 Å². The molecule has 6 heterocycles. The van der Waals surface area contributed by atoms with E-state index in [2.05, 4.69) is 45.1 Å². The molecule has 2 aliphatic heterocycles. The summed E-state index contributed by atoms with van der Waals surface area (Å²) in [5, 5.41) is 13.1. The van der Waals surface area contributed by atoms with E-state index in [1.807, 2.05) is 56.1 Å². The number of hydrogen-bond donors (Lipinski definition) is 1. The minimum absolute atomic E-state index is 0.0584. The van der Waals surface area contributed by atoms with Crippen molar-refractivity contribution in [1.82, 2.24) is 39.8 Å². The maximum atomic E-state index is 12.5. The Balaban J connectivity index is 1.19. The van der Waals surface area contributed by atoms with Crippen LogP contribution in [0.3, 0.4) is 0 Å². The molecule has 2 saturated heterocycles. The molecular weight excluding hydrogens is 674 g/mol. The van der Waals surface area contributed by atoms with E-state index in [1.54, 1.807) is 11.6 Å². The van der Waals surface area contributed by atoms with Gasteiger partial charge < -0.3 is 28.8 Å². The Labute approximate surface area is 297 Å². The van der Waals surface area contributed by atoms with Crippen LogP contribution in [0.2, 0.25) is 30.7 Å². The highest BCUT2D eigenvalue weighted by Crippen LogP contribution is 2.41. The van der Waals surface area contributed by atoms with E-state index in [4.69, 9.17) is 35.6 Å². The van der Waals surface area contributed by atoms with Crippen LogP contribution in [0, 0.1) is 6.92 Å². The highest BCUT2D eigenvalue weighted by molar-refractivity contribution is 6.76. The number of benzene rings is 1. The fraction of sp³-hybridized carbons (Fsp3) is 0.543. The molecular formula is C35H46ClN9O4Si. The summed E-state index contributed by atoms with van der Waals surface area (Å²) in [6, 6.07) is 5.59. The number of anilines is 1. The van der Waals surface area contributed by atoms with Gasteiger partial charge in [0.2, 0.25) is 5.89 Å². The molecule has 5 aromatic rings. The molecule has 2 fully saturated rings. The number of piperidine rings is 1. The lowest BCUT2D eigenvalue weighted by Crippen LogP contribution is -2.51. The Bertz CT molecular complexity index is 2010. The van der Waals surface area contributed by atoms with Crippen molar-refractivity contribution in [3.05, 3.63) is 47.5 Å². The minimum atomic E-state index is -1.26. The molecule has 2 unspecified atom stereocenters. The van der Waals surface area contributed by atoms with Gasteiger partial charge in [0.25, 0.3) is 0 Å². The predicted molar refractivity (Wildman–Crippen MR) is 195 cm³/mol. The van der Waals surface area contributed by atoms with Gasteiger partial charge in [-0.3, -0.25) is 4.68 Å². The lowest BCUT2D eigenvalue weighted by Gasteiger charge is -2.39. The van der Waals surface area contributed by atoms with E-state index in [-0.39, 0.29) is 24.2 Å². The zero-order valence-electron chi connectivity index (χ0n) is 29.9. The maximum absolute atomic E-state index is 12.5. The van der Waals surface area contributed by atoms with Crippen molar-refractivity contribution in [1.29, 1.82) is 0 Å². The average molecular weight is 720 g/mol. The van der Waals surface area contributed by atoms with Crippen molar-refractivity contribution in [2.24, 2.45) is 0 Å². The summed E-state index contributed by atoms with van der Waals surface area (Å²) in [7, 11) is -1.26. The molecule has 2 bridgehead atoms. The summed E-state index contributed by atoms with van der Waals surface area (Å²) >= 11 is 7.13. The van der Waals surface area contributed by atoms with E-state index in [0.29, 0.717) is 36.6 Å². The van der Waals surface area contributed by atoms with Crippen LogP contribution in [0.1, 0.15) is 58.2 Å². The smallest absolute Gasteiger partial charge is 0.407 e. The molecule has 1 N–H and O–H groups in total. The Morgan fingerprint density at radius 3 is 2.54 bits per heavy atom. The third-order valence-corrected chi connectivity index (χ3v) is 11.4. The first-order valence-electron chi connectivity index (χ1n) is 17.4. The number of ether oxygens (including phenoxy) is 2. The van der Waals surface area contributed by atoms with E-state index >= 15 is 0 Å². The highest BCUT2D eigenvalue weighted by atomic mass is 35.5. The Morgan fingerprint density at radius 1 is 1.10 bits per heavy atom. The van der Waals surface area contributed by atoms with Crippen LogP contribution in [-0.4, -0.2) is 79.0 Å². The highest BCUT2D eigenvalue weighted by Gasteiger charge is 2.42. The molecule has 2 atom stereocenters. The molecule has 4 aromatic heterocycles. The number of aromatic nitrogens is 7. The molecule has 266 valence electrons. The molecule has 0 spiro atoms. The first kappa shape index (κ1) is 34.4. The number of hydrogen-bond acceptors (Lipinski definition) is 10. The Kier molecular flexibility index (Phi) is 9.14. The van der Waals surface area contributed by atoms with Gasteiger partial charge in [0.1, 0.15) is 30.2 Å². The topological polar surface area (TPSA) is 138 Å². The largest absolute Gasteiger partial charge is 0.444 e. The van der Waals surface area contributed by atoms with E-state index < -0.39 is 13.7 Å². The quantitative estimate of drug-likeness (QED) is 0.117. The average Bonchev–Trinajstić information content (AvgIpc) is 3.78. The monoisotopic (exact) mass is 719 g/mol. The first-order valence-corrected chi connectivity index (χ1v) is 21.5. The van der Waals surface area contributed by atoms with Crippen molar-refractivity contribution < 1.29 is 18.8 Å². The number of fused-ring (bicyclic) bond motifs is 4. The number of nitrogens with zero attached hydrogens (tertiary/aromatic N) is 8. The molecule has 50 heavy (non-hydrogen) atoms. The minimum Gasteiger partial charge on any atom is -0.444 e. The molecule has 15 heteroatoms. The van der Waals surface area contributed by atoms with Gasteiger partial charge in [-0.1, -0.05) is 42.5 Å². The van der Waals surface area contributed by atoms with Crippen LogP contribution in [0.25, 0.3) is 33.2 Å². The van der Waals surface area contributed by atoms with Gasteiger partial charge in [-0.15, -0.1) is 0 Å². The molecule has 7 rings (SSSR count). The van der Waals surface area contributed by atoms with Crippen LogP contribution >= 0.6 is 11.6 Å². The second-order valence-corrected chi connectivity index (χ2v) is 21.8. The molecule has 2 aliphatic rings. The third-order valence-electron chi connectivity index (χ3n) is 9.33. The zero-order valence-corrected chi connectivity index (χ0v) is 31.6. The lowest BCUT2D eigenvalue weighted by molar-refractivity contribution is 0.0492. The standard InChI is InChI=1S/C35H46ClN9O4Si/c1-21-38-30(49-42-21)19-44-18-27-28(41-44)11-10-25(31(27)36)26-17-43(20-47-12-13-50(5,6)7)33-32(26)37-16-29(40-33)45-23-8-9-24(45)15-22(14-23)39-34(46)48-35(2,3)4/h10-11,16-18,22-24H,8-9,12-15,19-20H2,1-7H3,(H,39,46). The van der Waals surface area contributed by atoms with E-state index in [0.717, 1.165) is 70.7 Å². The summed E-state index contributed by atoms with van der Waals surface area (Å²) in [5.41, 5.74) is 3.46. The van der Waals surface area contributed by atoms with Crippen LogP contribution in [0.4, 0.5) is 10.6 Å². The number of rotatable bonds is 10. The summed E-state index contributed by atoms with van der Waals surface area (Å²) in [6.07, 6.45) is 9.21. The second kappa shape index (κ2) is 13.3. The van der Waals surface area contributed by atoms with Crippen molar-refractivity contribution >= 4 is 53.7 Å². The van der Waals surface area contributed by atoms with E-state index in [9.17, 15) is 4.79 Å². The molecule has 1 amide bonds. The number of amides is 1. The number of aryl methyl sites for hydroxylation is 1. The van der Waals surface area contributed by atoms with Crippen LogP contribution < -0.4 is 10.2 Å². The van der Waals surface area contributed by atoms with Crippen LogP contribution in [-0.2, 0) is 22.7 Å². The van der Waals surface area contributed by atoms with Crippen LogP contribution in [0.15, 0.2) is 35.2 Å². The summed E-state index contributed by atoms with van der Waals surface area (Å²) in [4.78, 5) is 29.5. The van der Waals surface area contributed by atoms with Gasteiger partial charge in [-0.05, 0) is 65.5 Å². The number of nitrogens with one attached hydrogen (secondary N) is 1. The Hall–Kier alpha value is -4.01. The van der Waals surface area contributed by atoms with Gasteiger partial charge >= 0.3 is 6.09 Å². The maximum Gasteiger partial charge on any atom is 0.407 e. The van der Waals surface area contributed by atoms with Crippen molar-refractivity contribution in [2.75, 3.05) is 11.5 Å². The van der Waals surface area contributed by atoms with E-state index in [1.165, 1.54) is 0 Å². The number of carbonyl (C=O) groups is 1. The molecule has 1 aromatic carbocycles. The summed E-state index contributed by atoms with van der Waals surface area (Å²) < 4.78 is 20.9. The van der Waals surface area contributed by atoms with Crippen LogP contribution in [0.5, 0.6) is 0 Å². The first-order chi connectivity index (χ1) is 23.7. The zero-order chi connectivity index (χ0) is 35.4. The van der Waals surface area contributed by atoms with Gasteiger partial charge in [-0.2, -0.15) is 10.1 Å². The fourth-order valence-electron chi connectivity index (χ4n) is 7.08. The van der Waals surface area contributed by atoms with Gasteiger partial charge in [0, 0.05) is 61.7 Å². The number of alkyl carbamates (subject to hydrolysis) is 1. The Morgan fingerprint density at radius 2 is 1.86 bits per heavy atom. The molecule has 13 nitrogen and oxygen atoms in total. The van der Waals surface area contributed by atoms with Gasteiger partial charge in [-0.25, -0.2) is 14.8 Å². The van der Waals surface area contributed by atoms with Crippen molar-refractivity contribution in [2.45, 2.75) is 116 Å². The molecule has 0 radical (unpaired) electrons. The molecule has 0 saturated carbocycles.